The largest absolute Gasteiger partial charge is 0.504 e. The van der Waals surface area contributed by atoms with Gasteiger partial charge in [0.2, 0.25) is 0 Å². The second-order valence-corrected chi connectivity index (χ2v) is 6.13. The van der Waals surface area contributed by atoms with E-state index >= 15 is 0 Å². The first-order chi connectivity index (χ1) is 13.7. The van der Waals surface area contributed by atoms with E-state index in [-0.39, 0.29) is 11.6 Å². The van der Waals surface area contributed by atoms with Crippen LogP contribution >= 0.6 is 0 Å². The van der Waals surface area contributed by atoms with Gasteiger partial charge in [-0.05, 0) is 36.4 Å². The maximum absolute atomic E-state index is 13.0. The molecule has 6 heteroatoms. The summed E-state index contributed by atoms with van der Waals surface area (Å²) in [4.78, 5) is 21.7. The van der Waals surface area contributed by atoms with Crippen molar-refractivity contribution in [1.29, 1.82) is 0 Å². The minimum atomic E-state index is -0.396. The molecule has 6 nitrogen and oxygen atoms in total. The van der Waals surface area contributed by atoms with Gasteiger partial charge in [-0.15, -0.1) is 0 Å². The molecule has 0 atom stereocenters. The van der Waals surface area contributed by atoms with Gasteiger partial charge < -0.3 is 15.2 Å². The van der Waals surface area contributed by atoms with Crippen LogP contribution in [0.2, 0.25) is 0 Å². The number of fused-ring (bicyclic) bond motifs is 1. The van der Waals surface area contributed by atoms with Crippen molar-refractivity contribution >= 4 is 22.6 Å². The minimum Gasteiger partial charge on any atom is -0.504 e. The zero-order chi connectivity index (χ0) is 19.5. The van der Waals surface area contributed by atoms with Gasteiger partial charge in [0.1, 0.15) is 5.75 Å². The van der Waals surface area contributed by atoms with Gasteiger partial charge in [0.15, 0.2) is 11.6 Å². The number of carbonyl (C=O) groups excluding carboxylic acids is 1. The molecule has 0 aliphatic carbocycles. The Bertz CT molecular complexity index is 1160. The first kappa shape index (κ1) is 17.5. The number of nitrogens with one attached hydrogen (secondary N) is 1. The number of nitrogens with zero attached hydrogens (tertiary/aromatic N) is 2. The lowest BCUT2D eigenvalue weighted by molar-refractivity contribution is 0.102. The Morgan fingerprint density at radius 3 is 2.61 bits per heavy atom. The molecule has 1 amide bonds. The summed E-state index contributed by atoms with van der Waals surface area (Å²) >= 11 is 0. The maximum Gasteiger partial charge on any atom is 0.257 e. The lowest BCUT2D eigenvalue weighted by atomic mass is 10.0. The summed E-state index contributed by atoms with van der Waals surface area (Å²) in [5, 5.41) is 13.2. The number of carbonyl (C=O) groups is 1. The summed E-state index contributed by atoms with van der Waals surface area (Å²) in [5.41, 5.74) is 2.65. The molecule has 0 aliphatic rings. The van der Waals surface area contributed by atoms with Crippen LogP contribution < -0.4 is 10.1 Å². The Hall–Kier alpha value is -3.93. The molecule has 2 aromatic carbocycles. The molecule has 0 spiro atoms. The van der Waals surface area contributed by atoms with Crippen LogP contribution in [0.3, 0.4) is 0 Å². The molecule has 138 valence electrons. The lowest BCUT2D eigenvalue weighted by Crippen LogP contribution is -2.14. The molecule has 2 aromatic heterocycles. The quantitative estimate of drug-likeness (QED) is 0.560. The highest BCUT2D eigenvalue weighted by molar-refractivity contribution is 6.13. The number of amides is 1. The summed E-state index contributed by atoms with van der Waals surface area (Å²) in [5.74, 6) is 0.222. The van der Waals surface area contributed by atoms with Gasteiger partial charge in [0, 0.05) is 17.1 Å². The Morgan fingerprint density at radius 2 is 1.86 bits per heavy atom. The fourth-order valence-electron chi connectivity index (χ4n) is 2.94. The number of aromatic hydroxyl groups is 1. The van der Waals surface area contributed by atoms with Crippen molar-refractivity contribution in [3.8, 4) is 22.8 Å². The normalized spacial score (nSPS) is 10.6. The van der Waals surface area contributed by atoms with Crippen molar-refractivity contribution in [2.24, 2.45) is 0 Å². The van der Waals surface area contributed by atoms with Crippen molar-refractivity contribution < 1.29 is 14.6 Å². The van der Waals surface area contributed by atoms with Crippen molar-refractivity contribution in [3.63, 3.8) is 0 Å². The number of hydrogen-bond donors (Lipinski definition) is 2. The number of hydrogen-bond acceptors (Lipinski definition) is 5. The predicted octanol–water partition coefficient (Wildman–Crippen LogP) is 4.26. The topological polar surface area (TPSA) is 84.3 Å². The number of aromatic nitrogens is 2. The molecular formula is C22H17N3O3. The molecule has 0 saturated heterocycles. The third-order valence-corrected chi connectivity index (χ3v) is 4.35. The first-order valence-electron chi connectivity index (χ1n) is 8.65. The number of rotatable bonds is 4. The maximum atomic E-state index is 13.0. The molecule has 0 saturated carbocycles. The number of methoxy groups -OCH3 is 1. The molecule has 2 N–H and O–H groups in total. The van der Waals surface area contributed by atoms with Crippen LogP contribution in [-0.2, 0) is 0 Å². The van der Waals surface area contributed by atoms with Crippen molar-refractivity contribution in [1.82, 2.24) is 9.97 Å². The van der Waals surface area contributed by atoms with Gasteiger partial charge in [-0.25, -0.2) is 9.97 Å². The predicted molar refractivity (Wildman–Crippen MR) is 108 cm³/mol. The standard InChI is InChI=1S/C22H17N3O3/c1-28-15-9-10-18-16(12-15)17(13-19(24-18)14-6-3-2-4-7-14)22(27)25-21-20(26)8-5-11-23-21/h2-13,26H,1H3,(H,23,25,27). The van der Waals surface area contributed by atoms with E-state index < -0.39 is 5.91 Å². The highest BCUT2D eigenvalue weighted by Gasteiger charge is 2.16. The number of pyridine rings is 2. The smallest absolute Gasteiger partial charge is 0.257 e. The summed E-state index contributed by atoms with van der Waals surface area (Å²) in [6.07, 6.45) is 1.50. The Kier molecular flexibility index (Phi) is 4.60. The first-order valence-corrected chi connectivity index (χ1v) is 8.65. The van der Waals surface area contributed by atoms with E-state index in [1.807, 2.05) is 36.4 Å². The highest BCUT2D eigenvalue weighted by Crippen LogP contribution is 2.29. The fourth-order valence-corrected chi connectivity index (χ4v) is 2.94. The van der Waals surface area contributed by atoms with Crippen LogP contribution in [0.4, 0.5) is 5.82 Å². The van der Waals surface area contributed by atoms with E-state index in [9.17, 15) is 9.90 Å². The van der Waals surface area contributed by atoms with E-state index in [4.69, 9.17) is 4.74 Å². The molecule has 0 radical (unpaired) electrons. The van der Waals surface area contributed by atoms with Gasteiger partial charge in [-0.1, -0.05) is 30.3 Å². The van der Waals surface area contributed by atoms with Crippen molar-refractivity contribution in [2.45, 2.75) is 0 Å². The van der Waals surface area contributed by atoms with Gasteiger partial charge in [-0.2, -0.15) is 0 Å². The second-order valence-electron chi connectivity index (χ2n) is 6.13. The van der Waals surface area contributed by atoms with Crippen LogP contribution in [0.5, 0.6) is 11.5 Å². The van der Waals surface area contributed by atoms with Crippen LogP contribution in [0.1, 0.15) is 10.4 Å². The van der Waals surface area contributed by atoms with E-state index in [1.54, 1.807) is 31.4 Å². The SMILES string of the molecule is COc1ccc2nc(-c3ccccc3)cc(C(=O)Nc3ncccc3O)c2c1. The molecule has 0 unspecified atom stereocenters. The van der Waals surface area contributed by atoms with Crippen LogP contribution in [0, 0.1) is 0 Å². The summed E-state index contributed by atoms with van der Waals surface area (Å²) in [6, 6.07) is 19.8. The second kappa shape index (κ2) is 7.36. The van der Waals surface area contributed by atoms with E-state index in [0.717, 1.165) is 5.56 Å². The van der Waals surface area contributed by atoms with Gasteiger partial charge >= 0.3 is 0 Å². The summed E-state index contributed by atoms with van der Waals surface area (Å²) in [7, 11) is 1.57. The average Bonchev–Trinajstić information content (AvgIpc) is 2.74. The highest BCUT2D eigenvalue weighted by atomic mass is 16.5. The van der Waals surface area contributed by atoms with Crippen LogP contribution in [0.15, 0.2) is 72.9 Å². The molecule has 0 fully saturated rings. The molecule has 0 aliphatic heterocycles. The van der Waals surface area contributed by atoms with Crippen LogP contribution in [0.25, 0.3) is 22.2 Å². The van der Waals surface area contributed by atoms with Gasteiger partial charge in [-0.3, -0.25) is 4.79 Å². The molecule has 0 bridgehead atoms. The molecule has 4 rings (SSSR count). The van der Waals surface area contributed by atoms with Gasteiger partial charge in [0.05, 0.1) is 23.9 Å². The number of ether oxygens (including phenoxy) is 1. The number of anilines is 1. The fraction of sp³-hybridized carbons (Fsp3) is 0.0455. The molecule has 28 heavy (non-hydrogen) atoms. The van der Waals surface area contributed by atoms with Crippen molar-refractivity contribution in [3.05, 3.63) is 78.5 Å². The average molecular weight is 371 g/mol. The van der Waals surface area contributed by atoms with E-state index in [1.165, 1.54) is 12.3 Å². The monoisotopic (exact) mass is 371 g/mol. The van der Waals surface area contributed by atoms with Crippen LogP contribution in [-0.4, -0.2) is 28.1 Å². The molecular weight excluding hydrogens is 354 g/mol. The number of benzene rings is 2. The van der Waals surface area contributed by atoms with E-state index in [2.05, 4.69) is 15.3 Å². The third-order valence-electron chi connectivity index (χ3n) is 4.35. The Labute approximate surface area is 161 Å². The minimum absolute atomic E-state index is 0.0987. The van der Waals surface area contributed by atoms with Gasteiger partial charge in [0.25, 0.3) is 5.91 Å². The molecule has 2 heterocycles. The lowest BCUT2D eigenvalue weighted by Gasteiger charge is -2.12. The summed E-state index contributed by atoms with van der Waals surface area (Å²) < 4.78 is 5.30. The van der Waals surface area contributed by atoms with E-state index in [0.29, 0.717) is 27.9 Å². The zero-order valence-corrected chi connectivity index (χ0v) is 15.1. The van der Waals surface area contributed by atoms with Crippen molar-refractivity contribution in [2.75, 3.05) is 12.4 Å². The third kappa shape index (κ3) is 3.35. The Balaban J connectivity index is 1.86. The zero-order valence-electron chi connectivity index (χ0n) is 15.1. The Morgan fingerprint density at radius 1 is 1.04 bits per heavy atom. The summed E-state index contributed by atoms with van der Waals surface area (Å²) in [6.45, 7) is 0. The molecule has 4 aromatic rings.